The first-order chi connectivity index (χ1) is 6.70. The van der Waals surface area contributed by atoms with Crippen molar-refractivity contribution in [1.82, 2.24) is 5.48 Å². The van der Waals surface area contributed by atoms with E-state index < -0.39 is 0 Å². The summed E-state index contributed by atoms with van der Waals surface area (Å²) in [4.78, 5) is 15.7. The van der Waals surface area contributed by atoms with E-state index in [0.717, 1.165) is 0 Å². The van der Waals surface area contributed by atoms with Gasteiger partial charge in [-0.3, -0.25) is 9.63 Å². The first kappa shape index (κ1) is 13.4. The van der Waals surface area contributed by atoms with Gasteiger partial charge in [0.15, 0.2) is 0 Å². The molecule has 0 bridgehead atoms. The lowest BCUT2D eigenvalue weighted by Gasteiger charge is -2.15. The molecular formula is C11H23NO2. The average molecular weight is 201 g/mol. The highest BCUT2D eigenvalue weighted by Gasteiger charge is 2.07. The summed E-state index contributed by atoms with van der Waals surface area (Å²) in [5.41, 5.74) is 2.37. The molecule has 84 valence electrons. The number of amides is 1. The van der Waals surface area contributed by atoms with E-state index in [1.54, 1.807) is 0 Å². The molecule has 0 aromatic carbocycles. The molecule has 0 aromatic heterocycles. The molecule has 0 saturated carbocycles. The van der Waals surface area contributed by atoms with Gasteiger partial charge in [-0.1, -0.05) is 33.1 Å². The summed E-state index contributed by atoms with van der Waals surface area (Å²) < 4.78 is 0. The van der Waals surface area contributed by atoms with Gasteiger partial charge in [-0.2, -0.15) is 0 Å². The van der Waals surface area contributed by atoms with Crippen LogP contribution < -0.4 is 5.48 Å². The van der Waals surface area contributed by atoms with Gasteiger partial charge >= 0.3 is 0 Å². The van der Waals surface area contributed by atoms with Gasteiger partial charge in [0.2, 0.25) is 5.91 Å². The fraction of sp³-hybridized carbons (Fsp3) is 0.909. The van der Waals surface area contributed by atoms with Gasteiger partial charge in [0.05, 0.1) is 6.61 Å². The smallest absolute Gasteiger partial charge is 0.240 e. The van der Waals surface area contributed by atoms with E-state index in [-0.39, 0.29) is 5.91 Å². The number of hydrogen-bond acceptors (Lipinski definition) is 2. The molecule has 0 spiro atoms. The molecule has 1 amide bonds. The van der Waals surface area contributed by atoms with Crippen molar-refractivity contribution in [2.24, 2.45) is 5.92 Å². The quantitative estimate of drug-likeness (QED) is 0.613. The maximum atomic E-state index is 10.6. The van der Waals surface area contributed by atoms with Crippen LogP contribution in [-0.4, -0.2) is 12.5 Å². The van der Waals surface area contributed by atoms with Crippen LogP contribution in [0.2, 0.25) is 0 Å². The van der Waals surface area contributed by atoms with Crippen molar-refractivity contribution in [3.05, 3.63) is 0 Å². The minimum Gasteiger partial charge on any atom is -0.273 e. The van der Waals surface area contributed by atoms with E-state index in [1.807, 2.05) is 0 Å². The second-order valence-corrected chi connectivity index (χ2v) is 3.77. The fourth-order valence-electron chi connectivity index (χ4n) is 1.47. The third-order valence-corrected chi connectivity index (χ3v) is 2.20. The Bertz CT molecular complexity index is 148. The molecule has 0 saturated heterocycles. The van der Waals surface area contributed by atoms with E-state index in [0.29, 0.717) is 12.5 Å². The third kappa shape index (κ3) is 8.05. The van der Waals surface area contributed by atoms with E-state index in [1.165, 1.54) is 39.0 Å². The topological polar surface area (TPSA) is 38.3 Å². The van der Waals surface area contributed by atoms with Crippen LogP contribution in [0.15, 0.2) is 0 Å². The molecule has 1 N–H and O–H groups in total. The van der Waals surface area contributed by atoms with Crippen molar-refractivity contribution in [2.45, 2.75) is 52.9 Å². The number of carbonyl (C=O) groups excluding carboxylic acids is 1. The number of unbranched alkanes of at least 4 members (excludes halogenated alkanes) is 1. The second kappa shape index (κ2) is 9.00. The van der Waals surface area contributed by atoms with E-state index in [2.05, 4.69) is 19.3 Å². The van der Waals surface area contributed by atoms with Crippen LogP contribution in [0, 0.1) is 5.92 Å². The zero-order valence-corrected chi connectivity index (χ0v) is 9.64. The largest absolute Gasteiger partial charge is 0.273 e. The molecule has 0 aliphatic carbocycles. The van der Waals surface area contributed by atoms with Crippen molar-refractivity contribution in [1.29, 1.82) is 0 Å². The Hall–Kier alpha value is -0.570. The molecule has 0 aliphatic heterocycles. The maximum Gasteiger partial charge on any atom is 0.240 e. The molecule has 0 heterocycles. The minimum absolute atomic E-state index is 0.129. The summed E-state index contributed by atoms with van der Waals surface area (Å²) in [5.74, 6) is 0.461. The van der Waals surface area contributed by atoms with Crippen molar-refractivity contribution in [3.8, 4) is 0 Å². The minimum atomic E-state index is -0.129. The Morgan fingerprint density at radius 2 is 2.00 bits per heavy atom. The Morgan fingerprint density at radius 1 is 1.29 bits per heavy atom. The Labute approximate surface area is 87.2 Å². The number of rotatable bonds is 8. The van der Waals surface area contributed by atoms with Crippen LogP contribution in [-0.2, 0) is 9.63 Å². The Morgan fingerprint density at radius 3 is 2.50 bits per heavy atom. The fourth-order valence-corrected chi connectivity index (χ4v) is 1.47. The van der Waals surface area contributed by atoms with Gasteiger partial charge in [0.1, 0.15) is 0 Å². The van der Waals surface area contributed by atoms with Gasteiger partial charge < -0.3 is 0 Å². The molecule has 0 radical (unpaired) electrons. The summed E-state index contributed by atoms with van der Waals surface area (Å²) in [7, 11) is 0. The first-order valence-electron chi connectivity index (χ1n) is 5.59. The van der Waals surface area contributed by atoms with Crippen molar-refractivity contribution in [3.63, 3.8) is 0 Å². The van der Waals surface area contributed by atoms with Gasteiger partial charge in [0, 0.05) is 6.92 Å². The van der Waals surface area contributed by atoms with Crippen LogP contribution in [0.25, 0.3) is 0 Å². The summed E-state index contributed by atoms with van der Waals surface area (Å²) in [5, 5.41) is 0. The number of hydrogen-bond donors (Lipinski definition) is 1. The van der Waals surface area contributed by atoms with Crippen LogP contribution >= 0.6 is 0 Å². The summed E-state index contributed by atoms with van der Waals surface area (Å²) in [6.45, 7) is 6.48. The van der Waals surface area contributed by atoms with Crippen molar-refractivity contribution < 1.29 is 9.63 Å². The summed E-state index contributed by atoms with van der Waals surface area (Å²) >= 11 is 0. The lowest BCUT2D eigenvalue weighted by atomic mass is 9.98. The Balaban J connectivity index is 3.55. The van der Waals surface area contributed by atoms with Crippen LogP contribution in [0.3, 0.4) is 0 Å². The van der Waals surface area contributed by atoms with Gasteiger partial charge in [0.25, 0.3) is 0 Å². The SMILES string of the molecule is CCCCC(CCC)CONC(C)=O. The van der Waals surface area contributed by atoms with Gasteiger partial charge in [-0.05, 0) is 18.8 Å². The lowest BCUT2D eigenvalue weighted by Crippen LogP contribution is -2.24. The molecule has 1 atom stereocenters. The van der Waals surface area contributed by atoms with E-state index in [4.69, 9.17) is 4.84 Å². The molecule has 0 aliphatic rings. The van der Waals surface area contributed by atoms with Crippen LogP contribution in [0.1, 0.15) is 52.9 Å². The maximum absolute atomic E-state index is 10.6. The normalized spacial score (nSPS) is 12.5. The monoisotopic (exact) mass is 201 g/mol. The predicted molar refractivity (Wildman–Crippen MR) is 57.7 cm³/mol. The molecule has 0 rings (SSSR count). The van der Waals surface area contributed by atoms with E-state index >= 15 is 0 Å². The second-order valence-electron chi connectivity index (χ2n) is 3.77. The van der Waals surface area contributed by atoms with Gasteiger partial charge in [-0.15, -0.1) is 0 Å². The first-order valence-corrected chi connectivity index (χ1v) is 5.59. The predicted octanol–water partition coefficient (Wildman–Crippen LogP) is 2.66. The molecule has 0 aromatic rings. The molecular weight excluding hydrogens is 178 g/mol. The molecule has 14 heavy (non-hydrogen) atoms. The van der Waals surface area contributed by atoms with Crippen LogP contribution in [0.5, 0.6) is 0 Å². The van der Waals surface area contributed by atoms with Crippen LogP contribution in [0.4, 0.5) is 0 Å². The molecule has 3 nitrogen and oxygen atoms in total. The molecule has 0 fully saturated rings. The van der Waals surface area contributed by atoms with Crippen molar-refractivity contribution in [2.75, 3.05) is 6.61 Å². The lowest BCUT2D eigenvalue weighted by molar-refractivity contribution is -0.132. The summed E-state index contributed by atoms with van der Waals surface area (Å²) in [6.07, 6.45) is 6.02. The zero-order chi connectivity index (χ0) is 10.8. The summed E-state index contributed by atoms with van der Waals surface area (Å²) in [6, 6.07) is 0. The Kier molecular flexibility index (Phi) is 8.64. The van der Waals surface area contributed by atoms with Gasteiger partial charge in [-0.25, -0.2) is 5.48 Å². The number of hydroxylamine groups is 1. The van der Waals surface area contributed by atoms with E-state index in [9.17, 15) is 4.79 Å². The highest BCUT2D eigenvalue weighted by molar-refractivity contribution is 5.71. The standard InChI is InChI=1S/C11H23NO2/c1-4-6-8-11(7-5-2)9-14-12-10(3)13/h11H,4-9H2,1-3H3,(H,12,13). The zero-order valence-electron chi connectivity index (χ0n) is 9.64. The average Bonchev–Trinajstić information content (AvgIpc) is 2.13. The molecule has 3 heteroatoms. The third-order valence-electron chi connectivity index (χ3n) is 2.20. The highest BCUT2D eigenvalue weighted by atomic mass is 16.6. The number of carbonyl (C=O) groups is 1. The van der Waals surface area contributed by atoms with Crippen molar-refractivity contribution >= 4 is 5.91 Å². The highest BCUT2D eigenvalue weighted by Crippen LogP contribution is 2.14. The number of nitrogens with one attached hydrogen (secondary N) is 1. The molecule has 1 unspecified atom stereocenters.